The van der Waals surface area contributed by atoms with Crippen molar-refractivity contribution in [3.63, 3.8) is 0 Å². The number of nitrogen functional groups attached to an aromatic ring is 1. The van der Waals surface area contributed by atoms with Crippen molar-refractivity contribution in [1.82, 2.24) is 14.8 Å². The van der Waals surface area contributed by atoms with Gasteiger partial charge >= 0.3 is 0 Å². The Morgan fingerprint density at radius 3 is 2.62 bits per heavy atom. The lowest BCUT2D eigenvalue weighted by Gasteiger charge is -2.11. The molecule has 21 heavy (non-hydrogen) atoms. The van der Waals surface area contributed by atoms with E-state index in [2.05, 4.69) is 26.0 Å². The summed E-state index contributed by atoms with van der Waals surface area (Å²) in [6.45, 7) is 3.87. The largest absolute Gasteiger partial charge is 0.384 e. The van der Waals surface area contributed by atoms with Gasteiger partial charge < -0.3 is 5.73 Å². The van der Waals surface area contributed by atoms with Crippen LogP contribution in [0.5, 0.6) is 0 Å². The van der Waals surface area contributed by atoms with Gasteiger partial charge in [0.1, 0.15) is 5.84 Å². The van der Waals surface area contributed by atoms with Gasteiger partial charge in [0.2, 0.25) is 0 Å². The number of pyridine rings is 1. The van der Waals surface area contributed by atoms with Gasteiger partial charge in [-0.05, 0) is 41.9 Å². The molecule has 5 nitrogen and oxygen atoms in total. The SMILES string of the molecule is Cc1nn(-c2nc3ccccc3cc2C(=N)N)c(C)c1Br. The summed E-state index contributed by atoms with van der Waals surface area (Å²) >= 11 is 3.51. The average Bonchev–Trinajstić information content (AvgIpc) is 2.73. The normalized spacial score (nSPS) is 11.0. The first-order chi connectivity index (χ1) is 9.99. The number of nitrogens with one attached hydrogen (secondary N) is 1. The molecule has 0 bridgehead atoms. The number of nitrogens with zero attached hydrogens (tertiary/aromatic N) is 3. The average molecular weight is 344 g/mol. The Morgan fingerprint density at radius 1 is 1.29 bits per heavy atom. The summed E-state index contributed by atoms with van der Waals surface area (Å²) < 4.78 is 2.66. The minimum atomic E-state index is -0.0214. The Bertz CT molecular complexity index is 866. The fraction of sp³-hybridized carbons (Fsp3) is 0.133. The molecule has 3 rings (SSSR count). The molecule has 0 saturated carbocycles. The lowest BCUT2D eigenvalue weighted by Crippen LogP contribution is -2.17. The Labute approximate surface area is 130 Å². The molecular weight excluding hydrogens is 330 g/mol. The van der Waals surface area contributed by atoms with E-state index in [4.69, 9.17) is 11.1 Å². The highest BCUT2D eigenvalue weighted by atomic mass is 79.9. The number of aryl methyl sites for hydroxylation is 1. The van der Waals surface area contributed by atoms with Crippen LogP contribution >= 0.6 is 15.9 Å². The zero-order valence-electron chi connectivity index (χ0n) is 11.7. The van der Waals surface area contributed by atoms with E-state index < -0.39 is 0 Å². The van der Waals surface area contributed by atoms with E-state index in [0.29, 0.717) is 11.4 Å². The minimum Gasteiger partial charge on any atom is -0.384 e. The third kappa shape index (κ3) is 2.21. The fourth-order valence-electron chi connectivity index (χ4n) is 2.30. The van der Waals surface area contributed by atoms with Crippen molar-refractivity contribution >= 4 is 32.7 Å². The number of hydrogen-bond donors (Lipinski definition) is 2. The molecule has 0 radical (unpaired) electrons. The smallest absolute Gasteiger partial charge is 0.165 e. The first-order valence-electron chi connectivity index (χ1n) is 6.45. The van der Waals surface area contributed by atoms with Gasteiger partial charge in [-0.15, -0.1) is 0 Å². The number of nitrogens with two attached hydrogens (primary N) is 1. The molecule has 2 heterocycles. The highest BCUT2D eigenvalue weighted by molar-refractivity contribution is 9.10. The second-order valence-corrected chi connectivity index (χ2v) is 5.66. The van der Waals surface area contributed by atoms with Crippen LogP contribution < -0.4 is 5.73 Å². The highest BCUT2D eigenvalue weighted by Gasteiger charge is 2.17. The lowest BCUT2D eigenvalue weighted by molar-refractivity contribution is 0.808. The van der Waals surface area contributed by atoms with E-state index in [1.54, 1.807) is 4.68 Å². The highest BCUT2D eigenvalue weighted by Crippen LogP contribution is 2.25. The number of para-hydroxylation sites is 1. The summed E-state index contributed by atoms with van der Waals surface area (Å²) in [5.41, 5.74) is 8.95. The standard InChI is InChI=1S/C15H14BrN5/c1-8-13(16)9(2)21(20-8)15-11(14(17)18)7-10-5-3-4-6-12(10)19-15/h3-7H,1-2H3,(H3,17,18). The summed E-state index contributed by atoms with van der Waals surface area (Å²) in [7, 11) is 0. The maximum absolute atomic E-state index is 7.82. The molecule has 0 spiro atoms. The van der Waals surface area contributed by atoms with E-state index in [1.165, 1.54) is 0 Å². The molecule has 106 valence electrons. The Kier molecular flexibility index (Phi) is 3.25. The van der Waals surface area contributed by atoms with Crippen LogP contribution in [0.3, 0.4) is 0 Å². The van der Waals surface area contributed by atoms with Crippen molar-refractivity contribution in [2.24, 2.45) is 5.73 Å². The van der Waals surface area contributed by atoms with Crippen molar-refractivity contribution in [3.8, 4) is 5.82 Å². The van der Waals surface area contributed by atoms with E-state index in [-0.39, 0.29) is 5.84 Å². The number of halogens is 1. The van der Waals surface area contributed by atoms with Gasteiger partial charge in [0, 0.05) is 5.39 Å². The topological polar surface area (TPSA) is 80.6 Å². The van der Waals surface area contributed by atoms with Gasteiger partial charge in [0.15, 0.2) is 5.82 Å². The fourth-order valence-corrected chi connectivity index (χ4v) is 2.54. The Balaban J connectivity index is 2.36. The number of fused-ring (bicyclic) bond motifs is 1. The number of rotatable bonds is 2. The van der Waals surface area contributed by atoms with Gasteiger partial charge in [0.05, 0.1) is 26.9 Å². The Morgan fingerprint density at radius 2 is 2.00 bits per heavy atom. The monoisotopic (exact) mass is 343 g/mol. The molecule has 0 unspecified atom stereocenters. The van der Waals surface area contributed by atoms with E-state index >= 15 is 0 Å². The van der Waals surface area contributed by atoms with Gasteiger partial charge in [-0.2, -0.15) is 5.10 Å². The van der Waals surface area contributed by atoms with Crippen LogP contribution in [0, 0.1) is 19.3 Å². The predicted molar refractivity (Wildman–Crippen MR) is 87.1 cm³/mol. The summed E-state index contributed by atoms with van der Waals surface area (Å²) in [5, 5.41) is 13.3. The molecule has 3 aromatic rings. The van der Waals surface area contributed by atoms with Crippen molar-refractivity contribution in [1.29, 1.82) is 5.41 Å². The molecule has 0 aliphatic rings. The molecule has 1 aromatic carbocycles. The lowest BCUT2D eigenvalue weighted by atomic mass is 10.1. The van der Waals surface area contributed by atoms with Crippen LogP contribution in [-0.4, -0.2) is 20.6 Å². The van der Waals surface area contributed by atoms with Crippen molar-refractivity contribution < 1.29 is 0 Å². The maximum atomic E-state index is 7.82. The summed E-state index contributed by atoms with van der Waals surface area (Å²) in [6, 6.07) is 9.64. The molecular formula is C15H14BrN5. The number of amidine groups is 1. The molecule has 0 amide bonds. The first kappa shape index (κ1) is 13.8. The molecule has 0 aliphatic carbocycles. The molecule has 0 aliphatic heterocycles. The summed E-state index contributed by atoms with van der Waals surface area (Å²) in [6.07, 6.45) is 0. The van der Waals surface area contributed by atoms with Crippen molar-refractivity contribution in [3.05, 3.63) is 51.8 Å². The summed E-state index contributed by atoms with van der Waals surface area (Å²) in [4.78, 5) is 4.64. The van der Waals surface area contributed by atoms with Gasteiger partial charge in [-0.1, -0.05) is 18.2 Å². The van der Waals surface area contributed by atoms with Crippen LogP contribution in [-0.2, 0) is 0 Å². The van der Waals surface area contributed by atoms with Crippen LogP contribution in [0.4, 0.5) is 0 Å². The predicted octanol–water partition coefficient (Wildman–Crippen LogP) is 3.08. The molecule has 0 atom stereocenters. The zero-order chi connectivity index (χ0) is 15.1. The third-order valence-corrected chi connectivity index (χ3v) is 4.55. The zero-order valence-corrected chi connectivity index (χ0v) is 13.3. The Hall–Kier alpha value is -2.21. The van der Waals surface area contributed by atoms with Crippen molar-refractivity contribution in [2.45, 2.75) is 13.8 Å². The van der Waals surface area contributed by atoms with Crippen LogP contribution in [0.15, 0.2) is 34.8 Å². The van der Waals surface area contributed by atoms with Crippen LogP contribution in [0.2, 0.25) is 0 Å². The van der Waals surface area contributed by atoms with Gasteiger partial charge in [-0.25, -0.2) is 9.67 Å². The summed E-state index contributed by atoms with van der Waals surface area (Å²) in [5.74, 6) is 0.555. The van der Waals surface area contributed by atoms with Gasteiger partial charge in [-0.3, -0.25) is 5.41 Å². The minimum absolute atomic E-state index is 0.0214. The number of hydrogen-bond acceptors (Lipinski definition) is 3. The van der Waals surface area contributed by atoms with E-state index in [1.807, 2.05) is 44.2 Å². The third-order valence-electron chi connectivity index (χ3n) is 3.40. The second kappa shape index (κ2) is 4.96. The van der Waals surface area contributed by atoms with E-state index in [9.17, 15) is 0 Å². The van der Waals surface area contributed by atoms with Gasteiger partial charge in [0.25, 0.3) is 0 Å². The number of benzene rings is 1. The maximum Gasteiger partial charge on any atom is 0.165 e. The quantitative estimate of drug-likeness (QED) is 0.554. The number of aromatic nitrogens is 3. The van der Waals surface area contributed by atoms with Crippen LogP contribution in [0.25, 0.3) is 16.7 Å². The molecule has 0 fully saturated rings. The van der Waals surface area contributed by atoms with Crippen molar-refractivity contribution in [2.75, 3.05) is 0 Å². The molecule has 6 heteroatoms. The van der Waals surface area contributed by atoms with Crippen LogP contribution in [0.1, 0.15) is 17.0 Å². The first-order valence-corrected chi connectivity index (χ1v) is 7.24. The molecule has 0 saturated heterocycles. The molecule has 3 N–H and O–H groups in total. The molecule has 2 aromatic heterocycles. The van der Waals surface area contributed by atoms with E-state index in [0.717, 1.165) is 26.8 Å². The second-order valence-electron chi connectivity index (χ2n) is 4.86.